The summed E-state index contributed by atoms with van der Waals surface area (Å²) in [6, 6.07) is 15.6. The Bertz CT molecular complexity index is 1110. The Hall–Kier alpha value is -3.20. The molecule has 0 bridgehead atoms. The lowest BCUT2D eigenvalue weighted by Gasteiger charge is -2.26. The second kappa shape index (κ2) is 11.3. The molecule has 178 valence electrons. The lowest BCUT2D eigenvalue weighted by Crippen LogP contribution is -2.39. The number of aromatic nitrogens is 3. The first-order chi connectivity index (χ1) is 16.5. The normalized spacial score (nSPS) is 17.8. The monoisotopic (exact) mass is 482 g/mol. The van der Waals surface area contributed by atoms with Crippen molar-refractivity contribution in [3.05, 3.63) is 60.4 Å². The molecule has 1 N–H and O–H groups in total. The first kappa shape index (κ1) is 23.9. The topological polar surface area (TPSA) is 86.1 Å². The van der Waals surface area contributed by atoms with E-state index in [1.54, 1.807) is 12.1 Å². The Balaban J connectivity index is 1.37. The van der Waals surface area contributed by atoms with E-state index in [1.165, 1.54) is 23.9 Å². The minimum absolute atomic E-state index is 0.0252. The number of carbonyl (C=O) groups is 2. The minimum Gasteiger partial charge on any atom is -0.455 e. The number of hydrogen-bond donors (Lipinski definition) is 1. The van der Waals surface area contributed by atoms with E-state index in [0.717, 1.165) is 31.4 Å². The van der Waals surface area contributed by atoms with E-state index in [0.29, 0.717) is 22.5 Å². The molecule has 0 aliphatic heterocycles. The number of rotatable bonds is 8. The van der Waals surface area contributed by atoms with E-state index in [2.05, 4.69) is 22.4 Å². The number of carbonyl (C=O) groups excluding carboxylic acids is 2. The lowest BCUT2D eigenvalue weighted by atomic mass is 9.87. The van der Waals surface area contributed by atoms with Gasteiger partial charge in [-0.25, -0.2) is 4.39 Å². The van der Waals surface area contributed by atoms with Gasteiger partial charge in [-0.2, -0.15) is 0 Å². The molecule has 4 rings (SSSR count). The number of esters is 1. The van der Waals surface area contributed by atoms with E-state index >= 15 is 0 Å². The van der Waals surface area contributed by atoms with E-state index in [1.807, 2.05) is 34.9 Å². The van der Waals surface area contributed by atoms with Crippen molar-refractivity contribution in [1.82, 2.24) is 20.1 Å². The third kappa shape index (κ3) is 6.22. The number of para-hydroxylation sites is 1. The third-order valence-electron chi connectivity index (χ3n) is 5.81. The summed E-state index contributed by atoms with van der Waals surface area (Å²) in [5.41, 5.74) is 1.50. The van der Waals surface area contributed by atoms with Gasteiger partial charge in [0, 0.05) is 17.3 Å². The van der Waals surface area contributed by atoms with Gasteiger partial charge in [0.1, 0.15) is 5.82 Å². The summed E-state index contributed by atoms with van der Waals surface area (Å²) in [6.45, 7) is 1.93. The zero-order valence-corrected chi connectivity index (χ0v) is 19.8. The number of nitrogens with one attached hydrogen (secondary N) is 1. The van der Waals surface area contributed by atoms with Crippen molar-refractivity contribution >= 4 is 23.6 Å². The molecule has 0 atom stereocenters. The Morgan fingerprint density at radius 3 is 2.47 bits per heavy atom. The number of amides is 1. The van der Waals surface area contributed by atoms with Crippen molar-refractivity contribution in [3.63, 3.8) is 0 Å². The van der Waals surface area contributed by atoms with Crippen LogP contribution in [-0.2, 0) is 14.3 Å². The lowest BCUT2D eigenvalue weighted by molar-refractivity contribution is -0.146. The van der Waals surface area contributed by atoms with Crippen LogP contribution in [0.2, 0.25) is 0 Å². The molecule has 34 heavy (non-hydrogen) atoms. The summed E-state index contributed by atoms with van der Waals surface area (Å²) in [7, 11) is 0. The molecular weight excluding hydrogens is 455 g/mol. The maximum Gasteiger partial charge on any atom is 0.316 e. The Labute approximate surface area is 202 Å². The van der Waals surface area contributed by atoms with Crippen LogP contribution in [-0.4, -0.2) is 45.0 Å². The second-order valence-corrected chi connectivity index (χ2v) is 9.40. The fourth-order valence-electron chi connectivity index (χ4n) is 3.94. The van der Waals surface area contributed by atoms with Crippen LogP contribution < -0.4 is 5.32 Å². The molecule has 1 aliphatic carbocycles. The summed E-state index contributed by atoms with van der Waals surface area (Å²) in [5.74, 6) is 0.0804. The second-order valence-electron chi connectivity index (χ2n) is 8.46. The van der Waals surface area contributed by atoms with Gasteiger partial charge >= 0.3 is 5.97 Å². The SMILES string of the molecule is CC1CCC(NC(=O)COC(=O)CSc2nnc(-c3ccc(F)cc3)n2-c2ccccc2)CC1. The Morgan fingerprint density at radius 2 is 1.76 bits per heavy atom. The summed E-state index contributed by atoms with van der Waals surface area (Å²) in [4.78, 5) is 24.4. The molecule has 0 spiro atoms. The van der Waals surface area contributed by atoms with Crippen molar-refractivity contribution in [3.8, 4) is 17.1 Å². The van der Waals surface area contributed by atoms with Crippen LogP contribution in [0, 0.1) is 11.7 Å². The number of hydrogen-bond acceptors (Lipinski definition) is 6. The Kier molecular flexibility index (Phi) is 7.95. The fourth-order valence-corrected chi connectivity index (χ4v) is 4.69. The predicted octanol–water partition coefficient (Wildman–Crippen LogP) is 4.40. The maximum atomic E-state index is 13.4. The zero-order chi connectivity index (χ0) is 23.9. The van der Waals surface area contributed by atoms with Gasteiger partial charge < -0.3 is 10.1 Å². The number of halogens is 1. The third-order valence-corrected chi connectivity index (χ3v) is 6.72. The molecule has 1 fully saturated rings. The number of ether oxygens (including phenoxy) is 1. The van der Waals surface area contributed by atoms with Crippen LogP contribution in [0.25, 0.3) is 17.1 Å². The molecule has 1 aromatic heterocycles. The van der Waals surface area contributed by atoms with Crippen molar-refractivity contribution < 1.29 is 18.7 Å². The molecule has 1 amide bonds. The van der Waals surface area contributed by atoms with Gasteiger partial charge in [0.2, 0.25) is 0 Å². The fraction of sp³-hybridized carbons (Fsp3) is 0.360. The van der Waals surface area contributed by atoms with Gasteiger partial charge in [-0.1, -0.05) is 36.9 Å². The average Bonchev–Trinajstić information content (AvgIpc) is 3.28. The first-order valence-corrected chi connectivity index (χ1v) is 12.3. The van der Waals surface area contributed by atoms with E-state index in [-0.39, 0.29) is 30.1 Å². The highest BCUT2D eigenvalue weighted by Gasteiger charge is 2.21. The number of benzene rings is 2. The van der Waals surface area contributed by atoms with Crippen molar-refractivity contribution in [2.75, 3.05) is 12.4 Å². The van der Waals surface area contributed by atoms with Gasteiger partial charge in [-0.3, -0.25) is 14.2 Å². The molecule has 0 radical (unpaired) electrons. The number of nitrogens with zero attached hydrogens (tertiary/aromatic N) is 3. The van der Waals surface area contributed by atoms with Gasteiger partial charge in [0.25, 0.3) is 5.91 Å². The molecule has 0 unspecified atom stereocenters. The quantitative estimate of drug-likeness (QED) is 0.378. The highest BCUT2D eigenvalue weighted by atomic mass is 32.2. The summed E-state index contributed by atoms with van der Waals surface area (Å²) >= 11 is 1.17. The Morgan fingerprint density at radius 1 is 1.06 bits per heavy atom. The summed E-state index contributed by atoms with van der Waals surface area (Å²) in [5, 5.41) is 11.9. The highest BCUT2D eigenvalue weighted by Crippen LogP contribution is 2.28. The van der Waals surface area contributed by atoms with Crippen LogP contribution in [0.5, 0.6) is 0 Å². The number of thioether (sulfide) groups is 1. The average molecular weight is 483 g/mol. The smallest absolute Gasteiger partial charge is 0.316 e. The van der Waals surface area contributed by atoms with Gasteiger partial charge in [-0.05, 0) is 68.0 Å². The van der Waals surface area contributed by atoms with Crippen LogP contribution in [0.1, 0.15) is 32.6 Å². The summed E-state index contributed by atoms with van der Waals surface area (Å²) in [6.07, 6.45) is 4.12. The molecule has 3 aromatic rings. The van der Waals surface area contributed by atoms with Crippen LogP contribution in [0.15, 0.2) is 59.8 Å². The predicted molar refractivity (Wildman–Crippen MR) is 128 cm³/mol. The minimum atomic E-state index is -0.511. The van der Waals surface area contributed by atoms with Crippen LogP contribution in [0.3, 0.4) is 0 Å². The molecule has 9 heteroatoms. The van der Waals surface area contributed by atoms with Gasteiger partial charge in [0.15, 0.2) is 17.6 Å². The van der Waals surface area contributed by atoms with Crippen molar-refractivity contribution in [2.45, 2.75) is 43.8 Å². The zero-order valence-electron chi connectivity index (χ0n) is 18.9. The molecule has 1 saturated carbocycles. The molecule has 1 heterocycles. The van der Waals surface area contributed by atoms with Crippen molar-refractivity contribution in [1.29, 1.82) is 0 Å². The molecule has 0 saturated heterocycles. The van der Waals surface area contributed by atoms with Gasteiger partial charge in [-0.15, -0.1) is 10.2 Å². The van der Waals surface area contributed by atoms with E-state index in [9.17, 15) is 14.0 Å². The van der Waals surface area contributed by atoms with Crippen molar-refractivity contribution in [2.24, 2.45) is 5.92 Å². The van der Waals surface area contributed by atoms with E-state index in [4.69, 9.17) is 4.74 Å². The molecular formula is C25H27FN4O3S. The maximum absolute atomic E-state index is 13.4. The molecule has 7 nitrogen and oxygen atoms in total. The largest absolute Gasteiger partial charge is 0.455 e. The van der Waals surface area contributed by atoms with Gasteiger partial charge in [0.05, 0.1) is 5.75 Å². The standard InChI is InChI=1S/C25H27FN4O3S/c1-17-7-13-20(14-8-17)27-22(31)15-33-23(32)16-34-25-29-28-24(18-9-11-19(26)12-10-18)30(25)21-5-3-2-4-6-21/h2-6,9-12,17,20H,7-8,13-16H2,1H3,(H,27,31). The highest BCUT2D eigenvalue weighted by molar-refractivity contribution is 7.99. The molecule has 1 aliphatic rings. The summed E-state index contributed by atoms with van der Waals surface area (Å²) < 4.78 is 20.4. The molecule has 2 aromatic carbocycles. The van der Waals surface area contributed by atoms with E-state index < -0.39 is 5.97 Å². The van der Waals surface area contributed by atoms with Crippen LogP contribution in [0.4, 0.5) is 4.39 Å². The first-order valence-electron chi connectivity index (χ1n) is 11.3. The van der Waals surface area contributed by atoms with Crippen LogP contribution >= 0.6 is 11.8 Å².